The summed E-state index contributed by atoms with van der Waals surface area (Å²) in [6.07, 6.45) is -1.09. The molecular weight excluding hydrogens is 72.0 g/mol. The van der Waals surface area contributed by atoms with Crippen molar-refractivity contribution in [2.45, 2.75) is 6.29 Å². The lowest BCUT2D eigenvalue weighted by molar-refractivity contribution is -0.117. The first-order chi connectivity index (χ1) is 2.30. The highest BCUT2D eigenvalue weighted by atomic mass is 16.7. The zero-order valence-electron chi connectivity index (χ0n) is 2.34. The lowest BCUT2D eigenvalue weighted by Gasteiger charge is -1.50. The third-order valence-electron chi connectivity index (χ3n) is 0.372. The van der Waals surface area contributed by atoms with Gasteiger partial charge in [0, 0.05) is 0 Å². The number of rotatable bonds is 0. The van der Waals surface area contributed by atoms with Crippen LogP contribution in [-0.4, -0.2) is 17.4 Å². The highest BCUT2D eigenvalue weighted by Gasteiger charge is 2.35. The first-order valence-corrected chi connectivity index (χ1v) is 1.19. The molecule has 1 saturated heterocycles. The molecule has 3 heteroatoms. The predicted molar refractivity (Wildman–Crippen MR) is 12.1 cm³/mol. The molecule has 0 aromatic rings. The van der Waals surface area contributed by atoms with Crippen molar-refractivity contribution in [2.24, 2.45) is 0 Å². The van der Waals surface area contributed by atoms with Gasteiger partial charge in [0.25, 0.3) is 6.29 Å². The molecule has 0 saturated carbocycles. The summed E-state index contributed by atoms with van der Waals surface area (Å²) in [7, 11) is 0. The average Bonchev–Trinajstić information content (AvgIpc) is 1.79. The van der Waals surface area contributed by atoms with E-state index in [1.807, 2.05) is 0 Å². The summed E-state index contributed by atoms with van der Waals surface area (Å²) in [6.45, 7) is 0. The van der Waals surface area contributed by atoms with E-state index in [9.17, 15) is 4.79 Å². The normalized spacial score (nSPS) is 33.0. The molecule has 1 heterocycles. The third kappa shape index (κ3) is 0.238. The maximum atomic E-state index is 9.41. The van der Waals surface area contributed by atoms with Gasteiger partial charge in [-0.1, -0.05) is 0 Å². The fraction of sp³-hybridized carbons (Fsp3) is 0.500. The molecule has 0 aliphatic carbocycles. The van der Waals surface area contributed by atoms with E-state index in [0.29, 0.717) is 0 Å². The molecule has 1 aliphatic heterocycles. The molecule has 0 aromatic carbocycles. The zero-order chi connectivity index (χ0) is 3.86. The van der Waals surface area contributed by atoms with Gasteiger partial charge in [-0.2, -0.15) is 0 Å². The average molecular weight is 74.0 g/mol. The Bertz CT molecular complexity index is 67.3. The van der Waals surface area contributed by atoms with Crippen LogP contribution in [0.1, 0.15) is 0 Å². The van der Waals surface area contributed by atoms with Gasteiger partial charge in [-0.3, -0.25) is 0 Å². The first kappa shape index (κ1) is 2.66. The van der Waals surface area contributed by atoms with Crippen LogP contribution in [0.2, 0.25) is 0 Å². The number of ether oxygens (including phenoxy) is 1. The third-order valence-corrected chi connectivity index (χ3v) is 0.372. The van der Waals surface area contributed by atoms with Gasteiger partial charge in [0.15, 0.2) is 0 Å². The minimum atomic E-state index is -1.09. The molecule has 3 nitrogen and oxygen atoms in total. The Kier molecular flexibility index (Phi) is 0.260. The fourth-order valence-corrected chi connectivity index (χ4v) is 0.0760. The topological polar surface area (TPSA) is 49.8 Å². The maximum Gasteiger partial charge on any atom is 0.379 e. The van der Waals surface area contributed by atoms with E-state index >= 15 is 0 Å². The number of cyclic esters (lactones) is 1. The highest BCUT2D eigenvalue weighted by Crippen LogP contribution is 2.04. The SMILES string of the molecule is O=C1O[C@@H]1O. The van der Waals surface area contributed by atoms with Gasteiger partial charge in [-0.15, -0.1) is 0 Å². The van der Waals surface area contributed by atoms with Gasteiger partial charge in [0.2, 0.25) is 0 Å². The number of aliphatic hydroxyl groups excluding tert-OH is 1. The number of hydrogen-bond donors (Lipinski definition) is 1. The van der Waals surface area contributed by atoms with Crippen LogP contribution in [-0.2, 0) is 9.53 Å². The number of carbonyl (C=O) groups excluding carboxylic acids is 1. The van der Waals surface area contributed by atoms with Crippen LogP contribution in [0.4, 0.5) is 0 Å². The summed E-state index contributed by atoms with van der Waals surface area (Å²) in [5.74, 6) is -0.523. The Morgan fingerprint density at radius 2 is 2.20 bits per heavy atom. The number of aliphatic hydroxyl groups is 1. The zero-order valence-corrected chi connectivity index (χ0v) is 2.34. The van der Waals surface area contributed by atoms with Crippen molar-refractivity contribution >= 4 is 5.97 Å². The molecule has 1 aliphatic rings. The monoisotopic (exact) mass is 74.0 g/mol. The Hall–Kier alpha value is -0.570. The van der Waals surface area contributed by atoms with E-state index in [4.69, 9.17) is 5.11 Å². The molecule has 0 spiro atoms. The molecule has 1 N–H and O–H groups in total. The second kappa shape index (κ2) is 0.490. The summed E-state index contributed by atoms with van der Waals surface area (Å²) in [5.41, 5.74) is 0. The molecule has 0 radical (unpaired) electrons. The number of carbonyl (C=O) groups is 1. The van der Waals surface area contributed by atoms with Crippen LogP contribution in [0, 0.1) is 0 Å². The molecule has 28 valence electrons. The van der Waals surface area contributed by atoms with Crippen LogP contribution < -0.4 is 0 Å². The maximum absolute atomic E-state index is 9.41. The van der Waals surface area contributed by atoms with Crippen molar-refractivity contribution in [2.75, 3.05) is 0 Å². The van der Waals surface area contributed by atoms with Gasteiger partial charge < -0.3 is 9.84 Å². The van der Waals surface area contributed by atoms with E-state index in [1.165, 1.54) is 0 Å². The Labute approximate surface area is 28.2 Å². The van der Waals surface area contributed by atoms with E-state index in [0.717, 1.165) is 0 Å². The first-order valence-electron chi connectivity index (χ1n) is 1.19. The van der Waals surface area contributed by atoms with Crippen molar-refractivity contribution < 1.29 is 14.6 Å². The lowest BCUT2D eigenvalue weighted by atomic mass is 10.9. The molecule has 5 heavy (non-hydrogen) atoms. The Morgan fingerprint density at radius 3 is 2.20 bits per heavy atom. The smallest absolute Gasteiger partial charge is 0.379 e. The van der Waals surface area contributed by atoms with E-state index in [1.54, 1.807) is 0 Å². The largest absolute Gasteiger partial charge is 0.419 e. The summed E-state index contributed by atoms with van der Waals surface area (Å²) in [6, 6.07) is 0. The molecule has 1 atom stereocenters. The van der Waals surface area contributed by atoms with Crippen molar-refractivity contribution in [3.05, 3.63) is 0 Å². The van der Waals surface area contributed by atoms with Gasteiger partial charge in [-0.25, -0.2) is 4.79 Å². The van der Waals surface area contributed by atoms with Crippen LogP contribution in [0.25, 0.3) is 0 Å². The fourth-order valence-electron chi connectivity index (χ4n) is 0.0760. The number of hydrogen-bond acceptors (Lipinski definition) is 3. The Morgan fingerprint density at radius 1 is 2.00 bits per heavy atom. The standard InChI is InChI=1S/C2H2O3/c3-1-2(4)5-1/h1,3H/t1-/m0/s1. The van der Waals surface area contributed by atoms with Gasteiger partial charge in [0.1, 0.15) is 0 Å². The van der Waals surface area contributed by atoms with Crippen molar-refractivity contribution in [3.63, 3.8) is 0 Å². The van der Waals surface area contributed by atoms with Crippen molar-refractivity contribution in [1.29, 1.82) is 0 Å². The quantitative estimate of drug-likeness (QED) is 0.369. The second-order valence-electron chi connectivity index (χ2n) is 0.789. The van der Waals surface area contributed by atoms with Crippen molar-refractivity contribution in [1.82, 2.24) is 0 Å². The summed E-state index contributed by atoms with van der Waals surface area (Å²) < 4.78 is 3.83. The molecule has 0 unspecified atom stereocenters. The van der Waals surface area contributed by atoms with E-state index in [-0.39, 0.29) is 0 Å². The van der Waals surface area contributed by atoms with Gasteiger partial charge in [0.05, 0.1) is 0 Å². The molecule has 0 aromatic heterocycles. The second-order valence-corrected chi connectivity index (χ2v) is 0.789. The molecule has 1 rings (SSSR count). The van der Waals surface area contributed by atoms with E-state index < -0.39 is 12.3 Å². The van der Waals surface area contributed by atoms with Gasteiger partial charge in [-0.05, 0) is 0 Å². The summed E-state index contributed by atoms with van der Waals surface area (Å²) >= 11 is 0. The minimum absolute atomic E-state index is 0.523. The summed E-state index contributed by atoms with van der Waals surface area (Å²) in [4.78, 5) is 9.41. The van der Waals surface area contributed by atoms with Crippen LogP contribution >= 0.6 is 0 Å². The molecular formula is C2H2O3. The Balaban J connectivity index is 2.47. The van der Waals surface area contributed by atoms with Gasteiger partial charge >= 0.3 is 5.97 Å². The van der Waals surface area contributed by atoms with Crippen LogP contribution in [0.5, 0.6) is 0 Å². The van der Waals surface area contributed by atoms with Crippen LogP contribution in [0.15, 0.2) is 0 Å². The molecule has 0 bridgehead atoms. The molecule has 1 fully saturated rings. The highest BCUT2D eigenvalue weighted by molar-refractivity contribution is 5.84. The summed E-state index contributed by atoms with van der Waals surface area (Å²) in [5, 5.41) is 7.86. The van der Waals surface area contributed by atoms with Crippen molar-refractivity contribution in [3.8, 4) is 0 Å². The number of epoxide rings is 1. The minimum Gasteiger partial charge on any atom is -0.419 e. The van der Waals surface area contributed by atoms with Crippen LogP contribution in [0.3, 0.4) is 0 Å². The lowest BCUT2D eigenvalue weighted by Crippen LogP contribution is -1.76. The van der Waals surface area contributed by atoms with E-state index in [2.05, 4.69) is 4.74 Å². The molecule has 0 amide bonds. The predicted octanol–water partition coefficient (Wildman–Crippen LogP) is -1.14.